The minimum Gasteiger partial charge on any atom is -0.384 e. The molecule has 0 spiro atoms. The summed E-state index contributed by atoms with van der Waals surface area (Å²) in [6, 6.07) is 23.7. The van der Waals surface area contributed by atoms with Crippen molar-refractivity contribution < 1.29 is 4.57 Å². The standard InChI is InChI=1S/C36H44N4S2/c1-5-37-22-10-7-8-12-30(3)28-32-14-18-34(19-15-32)38-23-26-41-42-27-24-39-35-20-16-33(17-21-35)29-31(4)36-13-9-11-25-40(36)6-2/h7-22,25,28-29H,5-6,23-24,26-27H2,1-4H3,(H,37,38)/p+1. The van der Waals surface area contributed by atoms with Gasteiger partial charge in [0.1, 0.15) is 6.54 Å². The van der Waals surface area contributed by atoms with E-state index >= 15 is 0 Å². The van der Waals surface area contributed by atoms with Crippen LogP contribution in [0.15, 0.2) is 108 Å². The summed E-state index contributed by atoms with van der Waals surface area (Å²) in [6.45, 7) is 12.2. The molecule has 0 saturated carbocycles. The Morgan fingerprint density at radius 2 is 1.38 bits per heavy atom. The molecule has 220 valence electrons. The fourth-order valence-electron chi connectivity index (χ4n) is 4.22. The molecule has 3 aromatic rings. The summed E-state index contributed by atoms with van der Waals surface area (Å²) >= 11 is 0. The van der Waals surface area contributed by atoms with E-state index in [9.17, 15) is 0 Å². The lowest BCUT2D eigenvalue weighted by Gasteiger charge is -2.08. The monoisotopic (exact) mass is 597 g/mol. The minimum atomic E-state index is 0.817. The summed E-state index contributed by atoms with van der Waals surface area (Å²) in [5.41, 5.74) is 8.49. The first kappa shape index (κ1) is 33.0. The zero-order valence-corrected chi connectivity index (χ0v) is 27.1. The largest absolute Gasteiger partial charge is 0.384 e. The second-order valence-corrected chi connectivity index (χ2v) is 12.4. The molecule has 0 saturated heterocycles. The van der Waals surface area contributed by atoms with Gasteiger partial charge in [-0.1, -0.05) is 75.7 Å². The van der Waals surface area contributed by atoms with Gasteiger partial charge in [-0.2, -0.15) is 4.57 Å². The summed E-state index contributed by atoms with van der Waals surface area (Å²) in [5.74, 6) is 2.12. The number of allylic oxidation sites excluding steroid dienone is 6. The van der Waals surface area contributed by atoms with E-state index in [1.54, 1.807) is 0 Å². The van der Waals surface area contributed by atoms with E-state index < -0.39 is 0 Å². The van der Waals surface area contributed by atoms with Crippen molar-refractivity contribution in [1.82, 2.24) is 0 Å². The van der Waals surface area contributed by atoms with Crippen molar-refractivity contribution in [2.75, 3.05) is 41.8 Å². The van der Waals surface area contributed by atoms with Crippen molar-refractivity contribution in [1.29, 1.82) is 0 Å². The fraction of sp³-hybridized carbons (Fsp3) is 0.278. The van der Waals surface area contributed by atoms with Gasteiger partial charge in [-0.25, -0.2) is 0 Å². The lowest BCUT2D eigenvalue weighted by Crippen LogP contribution is -2.35. The topological polar surface area (TPSA) is 40.3 Å². The maximum absolute atomic E-state index is 4.16. The van der Waals surface area contributed by atoms with E-state index in [1.165, 1.54) is 33.7 Å². The van der Waals surface area contributed by atoms with Crippen LogP contribution >= 0.6 is 21.6 Å². The van der Waals surface area contributed by atoms with Crippen molar-refractivity contribution in [3.05, 3.63) is 120 Å². The second kappa shape index (κ2) is 19.6. The van der Waals surface area contributed by atoms with Gasteiger partial charge in [-0.3, -0.25) is 4.99 Å². The molecule has 0 fully saturated rings. The third kappa shape index (κ3) is 12.6. The number of aromatic nitrogens is 1. The predicted molar refractivity (Wildman–Crippen MR) is 192 cm³/mol. The van der Waals surface area contributed by atoms with Gasteiger partial charge in [-0.05, 0) is 81.3 Å². The molecule has 4 nitrogen and oxygen atoms in total. The molecule has 2 N–H and O–H groups in total. The summed E-state index contributed by atoms with van der Waals surface area (Å²) in [7, 11) is 3.83. The maximum Gasteiger partial charge on any atom is 0.208 e. The SMILES string of the molecule is CC/N=C/C=C\C=C\C(C)=C\c1ccc(NCCSSCCNc2ccc(/C=C(\C)c3cccc[n+]3CC)cc2)cc1. The normalized spacial score (nSPS) is 12.6. The first-order chi connectivity index (χ1) is 20.6. The number of hydrogen-bond acceptors (Lipinski definition) is 5. The number of aliphatic imine (C=N–C) groups is 1. The van der Waals surface area contributed by atoms with Gasteiger partial charge in [0, 0.05) is 66.4 Å². The van der Waals surface area contributed by atoms with Crippen molar-refractivity contribution in [2.45, 2.75) is 34.2 Å². The highest BCUT2D eigenvalue weighted by Gasteiger charge is 2.09. The van der Waals surface area contributed by atoms with E-state index in [0.717, 1.165) is 43.4 Å². The Balaban J connectivity index is 1.29. The molecule has 0 bridgehead atoms. The molecule has 3 rings (SSSR count). The van der Waals surface area contributed by atoms with Gasteiger partial charge in [0.25, 0.3) is 0 Å². The van der Waals surface area contributed by atoms with Crippen molar-refractivity contribution in [3.8, 4) is 0 Å². The van der Waals surface area contributed by atoms with Crippen LogP contribution in [0.5, 0.6) is 0 Å². The quantitative estimate of drug-likeness (QED) is 0.0535. The van der Waals surface area contributed by atoms with Crippen molar-refractivity contribution in [2.24, 2.45) is 4.99 Å². The number of rotatable bonds is 17. The number of nitrogens with zero attached hydrogens (tertiary/aromatic N) is 2. The van der Waals surface area contributed by atoms with Gasteiger partial charge >= 0.3 is 0 Å². The van der Waals surface area contributed by atoms with Crippen molar-refractivity contribution in [3.63, 3.8) is 0 Å². The smallest absolute Gasteiger partial charge is 0.208 e. The molecule has 6 heteroatoms. The molecular weight excluding hydrogens is 553 g/mol. The highest BCUT2D eigenvalue weighted by atomic mass is 33.1. The average molecular weight is 598 g/mol. The highest BCUT2D eigenvalue weighted by molar-refractivity contribution is 8.76. The Labute approximate surface area is 261 Å². The molecule has 0 amide bonds. The van der Waals surface area contributed by atoms with E-state index in [-0.39, 0.29) is 0 Å². The molecule has 2 aromatic carbocycles. The lowest BCUT2D eigenvalue weighted by molar-refractivity contribution is -0.695. The molecule has 0 aliphatic rings. The van der Waals surface area contributed by atoms with Crippen LogP contribution in [0.25, 0.3) is 17.7 Å². The zero-order valence-electron chi connectivity index (χ0n) is 25.4. The van der Waals surface area contributed by atoms with Gasteiger partial charge in [0.05, 0.1) is 0 Å². The summed E-state index contributed by atoms with van der Waals surface area (Å²) in [4.78, 5) is 4.16. The molecule has 0 radical (unpaired) electrons. The molecule has 0 unspecified atom stereocenters. The predicted octanol–water partition coefficient (Wildman–Crippen LogP) is 9.07. The average Bonchev–Trinajstić information content (AvgIpc) is 3.01. The van der Waals surface area contributed by atoms with E-state index in [2.05, 4.69) is 132 Å². The Bertz CT molecular complexity index is 1350. The number of aryl methyl sites for hydroxylation is 1. The van der Waals surface area contributed by atoms with Gasteiger partial charge in [-0.15, -0.1) is 0 Å². The summed E-state index contributed by atoms with van der Waals surface area (Å²) in [6.07, 6.45) is 16.5. The Morgan fingerprint density at radius 3 is 1.98 bits per heavy atom. The van der Waals surface area contributed by atoms with Gasteiger partial charge in [0.2, 0.25) is 5.69 Å². The summed E-state index contributed by atoms with van der Waals surface area (Å²) < 4.78 is 2.27. The number of anilines is 2. The number of hydrogen-bond donors (Lipinski definition) is 2. The third-order valence-electron chi connectivity index (χ3n) is 6.35. The zero-order chi connectivity index (χ0) is 29.8. The van der Waals surface area contributed by atoms with Gasteiger partial charge in [0.15, 0.2) is 6.20 Å². The highest BCUT2D eigenvalue weighted by Crippen LogP contribution is 2.22. The van der Waals surface area contributed by atoms with Crippen LogP contribution in [0.1, 0.15) is 44.5 Å². The van der Waals surface area contributed by atoms with E-state index in [0.29, 0.717) is 0 Å². The molecule has 0 aliphatic heterocycles. The van der Waals surface area contributed by atoms with Crippen LogP contribution in [0.4, 0.5) is 11.4 Å². The van der Waals surface area contributed by atoms with Crippen molar-refractivity contribution >= 4 is 56.9 Å². The number of benzene rings is 2. The van der Waals surface area contributed by atoms with Crippen LogP contribution in [-0.2, 0) is 6.54 Å². The van der Waals surface area contributed by atoms with E-state index in [4.69, 9.17) is 0 Å². The molecule has 42 heavy (non-hydrogen) atoms. The van der Waals surface area contributed by atoms with Crippen LogP contribution in [0, 0.1) is 0 Å². The first-order valence-corrected chi connectivity index (χ1v) is 17.2. The van der Waals surface area contributed by atoms with Gasteiger partial charge < -0.3 is 10.6 Å². The van der Waals surface area contributed by atoms with Crippen LogP contribution in [0.3, 0.4) is 0 Å². The van der Waals surface area contributed by atoms with Crippen LogP contribution in [-0.4, -0.2) is 37.4 Å². The van der Waals surface area contributed by atoms with Crippen LogP contribution < -0.4 is 15.2 Å². The molecule has 1 heterocycles. The molecule has 0 aliphatic carbocycles. The number of pyridine rings is 1. The Hall–Kier alpha value is -3.48. The molecular formula is C36H45N4S2+. The number of nitrogens with one attached hydrogen (secondary N) is 2. The van der Waals surface area contributed by atoms with Crippen LogP contribution in [0.2, 0.25) is 0 Å². The third-order valence-corrected chi connectivity index (χ3v) is 8.76. The summed E-state index contributed by atoms with van der Waals surface area (Å²) in [5, 5.41) is 7.06. The molecule has 0 atom stereocenters. The Morgan fingerprint density at radius 1 is 0.762 bits per heavy atom. The van der Waals surface area contributed by atoms with E-state index in [1.807, 2.05) is 53.0 Å². The second-order valence-electron chi connectivity index (χ2n) is 9.72. The maximum atomic E-state index is 4.16. The fourth-order valence-corrected chi connectivity index (χ4v) is 6.03. The Kier molecular flexibility index (Phi) is 15.4. The molecule has 1 aromatic heterocycles. The minimum absolute atomic E-state index is 0.817. The lowest BCUT2D eigenvalue weighted by atomic mass is 10.1. The first-order valence-electron chi connectivity index (χ1n) is 14.7.